The standard InChI is InChI=1S/C32H42O/c1-2-3-4-5-6-7-8-18-27-33-28-19-26-32(29-20-12-9-13-21-29,30-22-14-10-15-23-30)31-24-16-11-17-25-31/h9-17,20-25H,2-8,18-19,26-28H2,1H3. The molecule has 3 aromatic carbocycles. The largest absolute Gasteiger partial charge is 0.381 e. The van der Waals surface area contributed by atoms with E-state index in [1.165, 1.54) is 68.1 Å². The maximum Gasteiger partial charge on any atom is 0.0466 e. The molecule has 0 N–H and O–H groups in total. The summed E-state index contributed by atoms with van der Waals surface area (Å²) in [6.07, 6.45) is 12.8. The maximum atomic E-state index is 6.08. The van der Waals surface area contributed by atoms with Crippen LogP contribution in [-0.2, 0) is 10.2 Å². The van der Waals surface area contributed by atoms with E-state index in [1.807, 2.05) is 0 Å². The van der Waals surface area contributed by atoms with Gasteiger partial charge in [-0.05, 0) is 36.0 Å². The molecule has 1 heteroatoms. The number of hydrogen-bond donors (Lipinski definition) is 0. The topological polar surface area (TPSA) is 9.23 Å². The zero-order valence-electron chi connectivity index (χ0n) is 20.6. The van der Waals surface area contributed by atoms with Crippen molar-refractivity contribution in [3.63, 3.8) is 0 Å². The van der Waals surface area contributed by atoms with E-state index in [-0.39, 0.29) is 5.41 Å². The van der Waals surface area contributed by atoms with Crippen LogP contribution >= 0.6 is 0 Å². The number of unbranched alkanes of at least 4 members (excludes halogenated alkanes) is 7. The minimum Gasteiger partial charge on any atom is -0.381 e. The van der Waals surface area contributed by atoms with Gasteiger partial charge in [0.25, 0.3) is 0 Å². The van der Waals surface area contributed by atoms with Gasteiger partial charge in [-0.25, -0.2) is 0 Å². The lowest BCUT2D eigenvalue weighted by molar-refractivity contribution is 0.123. The Morgan fingerprint density at radius 2 is 0.879 bits per heavy atom. The lowest BCUT2D eigenvalue weighted by Gasteiger charge is -2.36. The average Bonchev–Trinajstić information content (AvgIpc) is 2.89. The number of hydrogen-bond acceptors (Lipinski definition) is 1. The van der Waals surface area contributed by atoms with E-state index in [0.717, 1.165) is 26.1 Å². The highest BCUT2D eigenvalue weighted by atomic mass is 16.5. The van der Waals surface area contributed by atoms with Crippen molar-refractivity contribution in [2.24, 2.45) is 0 Å². The van der Waals surface area contributed by atoms with Gasteiger partial charge in [0.05, 0.1) is 0 Å². The van der Waals surface area contributed by atoms with Gasteiger partial charge >= 0.3 is 0 Å². The van der Waals surface area contributed by atoms with Crippen molar-refractivity contribution in [1.29, 1.82) is 0 Å². The minimum absolute atomic E-state index is 0.161. The Balaban J connectivity index is 1.59. The summed E-state index contributed by atoms with van der Waals surface area (Å²) < 4.78 is 6.08. The third kappa shape index (κ3) is 7.57. The summed E-state index contributed by atoms with van der Waals surface area (Å²) in [6.45, 7) is 4.00. The molecule has 0 aromatic heterocycles. The second-order valence-corrected chi connectivity index (χ2v) is 9.19. The first-order chi connectivity index (χ1) is 16.4. The molecule has 0 aliphatic rings. The molecule has 0 saturated carbocycles. The molecule has 0 heterocycles. The molecule has 0 aliphatic heterocycles. The minimum atomic E-state index is -0.161. The fourth-order valence-electron chi connectivity index (χ4n) is 4.98. The van der Waals surface area contributed by atoms with Gasteiger partial charge in [-0.1, -0.05) is 143 Å². The van der Waals surface area contributed by atoms with Crippen LogP contribution < -0.4 is 0 Å². The van der Waals surface area contributed by atoms with Crippen molar-refractivity contribution in [2.75, 3.05) is 13.2 Å². The first-order valence-corrected chi connectivity index (χ1v) is 13.1. The number of ether oxygens (including phenoxy) is 1. The van der Waals surface area contributed by atoms with Crippen LogP contribution in [0.25, 0.3) is 0 Å². The summed E-state index contributed by atoms with van der Waals surface area (Å²) in [7, 11) is 0. The summed E-state index contributed by atoms with van der Waals surface area (Å²) in [4.78, 5) is 0. The molecular formula is C32H42O. The van der Waals surface area contributed by atoms with Crippen molar-refractivity contribution in [3.05, 3.63) is 108 Å². The SMILES string of the molecule is CCCCCCCCCCOCCCC(c1ccccc1)(c1ccccc1)c1ccccc1. The summed E-state index contributed by atoms with van der Waals surface area (Å²) in [5, 5.41) is 0. The second-order valence-electron chi connectivity index (χ2n) is 9.19. The average molecular weight is 443 g/mol. The van der Waals surface area contributed by atoms with Crippen LogP contribution in [-0.4, -0.2) is 13.2 Å². The first kappa shape index (κ1) is 25.2. The van der Waals surface area contributed by atoms with E-state index < -0.39 is 0 Å². The lowest BCUT2D eigenvalue weighted by Crippen LogP contribution is -2.30. The first-order valence-electron chi connectivity index (χ1n) is 13.1. The van der Waals surface area contributed by atoms with Gasteiger partial charge in [0.15, 0.2) is 0 Å². The molecule has 0 saturated heterocycles. The smallest absolute Gasteiger partial charge is 0.0466 e. The van der Waals surface area contributed by atoms with E-state index in [4.69, 9.17) is 4.74 Å². The molecule has 0 unspecified atom stereocenters. The molecule has 0 aliphatic carbocycles. The second kappa shape index (κ2) is 14.7. The van der Waals surface area contributed by atoms with E-state index >= 15 is 0 Å². The highest BCUT2D eigenvalue weighted by Gasteiger charge is 2.35. The van der Waals surface area contributed by atoms with Gasteiger partial charge in [0.1, 0.15) is 0 Å². The number of benzene rings is 3. The monoisotopic (exact) mass is 442 g/mol. The van der Waals surface area contributed by atoms with Crippen molar-refractivity contribution in [1.82, 2.24) is 0 Å². The van der Waals surface area contributed by atoms with E-state index in [2.05, 4.69) is 97.9 Å². The Kier molecular flexibility index (Phi) is 11.2. The molecule has 0 radical (unpaired) electrons. The van der Waals surface area contributed by atoms with Gasteiger partial charge in [-0.3, -0.25) is 0 Å². The van der Waals surface area contributed by atoms with Crippen molar-refractivity contribution in [2.45, 2.75) is 76.5 Å². The Morgan fingerprint density at radius 1 is 0.485 bits per heavy atom. The molecule has 1 nitrogen and oxygen atoms in total. The Labute approximate surface area is 202 Å². The fraction of sp³-hybridized carbons (Fsp3) is 0.438. The van der Waals surface area contributed by atoms with Gasteiger partial charge in [0.2, 0.25) is 0 Å². The summed E-state index contributed by atoms with van der Waals surface area (Å²) in [6, 6.07) is 33.0. The molecule has 33 heavy (non-hydrogen) atoms. The maximum absolute atomic E-state index is 6.08. The molecule has 0 amide bonds. The predicted octanol–water partition coefficient (Wildman–Crippen LogP) is 8.96. The molecule has 3 rings (SSSR count). The Morgan fingerprint density at radius 3 is 1.33 bits per heavy atom. The highest BCUT2D eigenvalue weighted by molar-refractivity contribution is 5.50. The molecular weight excluding hydrogens is 400 g/mol. The summed E-state index contributed by atoms with van der Waals surface area (Å²) in [5.41, 5.74) is 3.90. The third-order valence-corrected chi connectivity index (χ3v) is 6.78. The van der Waals surface area contributed by atoms with Gasteiger partial charge in [-0.15, -0.1) is 0 Å². The van der Waals surface area contributed by atoms with Gasteiger partial charge in [-0.2, -0.15) is 0 Å². The summed E-state index contributed by atoms with van der Waals surface area (Å²) in [5.74, 6) is 0. The van der Waals surface area contributed by atoms with Crippen LogP contribution in [0.2, 0.25) is 0 Å². The van der Waals surface area contributed by atoms with Gasteiger partial charge in [0, 0.05) is 18.6 Å². The molecule has 176 valence electrons. The van der Waals surface area contributed by atoms with Crippen LogP contribution in [0, 0.1) is 0 Å². The molecule has 0 fully saturated rings. The van der Waals surface area contributed by atoms with Crippen LogP contribution in [0.15, 0.2) is 91.0 Å². The summed E-state index contributed by atoms with van der Waals surface area (Å²) >= 11 is 0. The van der Waals surface area contributed by atoms with E-state index in [0.29, 0.717) is 0 Å². The van der Waals surface area contributed by atoms with Crippen molar-refractivity contribution in [3.8, 4) is 0 Å². The van der Waals surface area contributed by atoms with Crippen LogP contribution in [0.4, 0.5) is 0 Å². The van der Waals surface area contributed by atoms with Crippen molar-refractivity contribution >= 4 is 0 Å². The van der Waals surface area contributed by atoms with Crippen LogP contribution in [0.3, 0.4) is 0 Å². The predicted molar refractivity (Wildman–Crippen MR) is 142 cm³/mol. The molecule has 0 bridgehead atoms. The van der Waals surface area contributed by atoms with E-state index in [9.17, 15) is 0 Å². The Bertz CT molecular complexity index is 760. The normalized spacial score (nSPS) is 11.5. The zero-order valence-corrected chi connectivity index (χ0v) is 20.6. The molecule has 3 aromatic rings. The Hall–Kier alpha value is -2.38. The lowest BCUT2D eigenvalue weighted by atomic mass is 9.67. The van der Waals surface area contributed by atoms with Crippen molar-refractivity contribution < 1.29 is 4.74 Å². The van der Waals surface area contributed by atoms with Crippen LogP contribution in [0.5, 0.6) is 0 Å². The number of rotatable bonds is 16. The molecule has 0 spiro atoms. The van der Waals surface area contributed by atoms with Crippen LogP contribution in [0.1, 0.15) is 87.8 Å². The quantitative estimate of drug-likeness (QED) is 0.159. The van der Waals surface area contributed by atoms with Gasteiger partial charge < -0.3 is 4.74 Å². The highest BCUT2D eigenvalue weighted by Crippen LogP contribution is 2.42. The third-order valence-electron chi connectivity index (χ3n) is 6.78. The van der Waals surface area contributed by atoms with E-state index in [1.54, 1.807) is 0 Å². The molecule has 0 atom stereocenters. The fourth-order valence-corrected chi connectivity index (χ4v) is 4.98. The zero-order chi connectivity index (χ0) is 23.0.